The lowest BCUT2D eigenvalue weighted by atomic mass is 9.93. The highest BCUT2D eigenvalue weighted by molar-refractivity contribution is 7.92. The van der Waals surface area contributed by atoms with Gasteiger partial charge in [0.1, 0.15) is 22.9 Å². The normalized spacial score (nSPS) is 18.9. The van der Waals surface area contributed by atoms with Gasteiger partial charge in [0, 0.05) is 11.6 Å². The summed E-state index contributed by atoms with van der Waals surface area (Å²) in [6.07, 6.45) is 6.37. The van der Waals surface area contributed by atoms with Crippen LogP contribution in [0.1, 0.15) is 26.3 Å². The smallest absolute Gasteiger partial charge is 0.236 e. The number of carbonyl (C=O) groups excluding carboxylic acids is 1. The molecule has 4 rings (SSSR count). The van der Waals surface area contributed by atoms with E-state index in [2.05, 4.69) is 0 Å². The molecule has 0 bridgehead atoms. The van der Waals surface area contributed by atoms with E-state index in [0.29, 0.717) is 23.5 Å². The summed E-state index contributed by atoms with van der Waals surface area (Å²) in [6.45, 7) is 6.10. The van der Waals surface area contributed by atoms with Crippen LogP contribution in [-0.4, -0.2) is 27.5 Å². The number of allylic oxidation sites excluding steroid dienone is 2. The lowest BCUT2D eigenvalue weighted by Gasteiger charge is -2.29. The highest BCUT2D eigenvalue weighted by Crippen LogP contribution is 2.45. The first-order valence-corrected chi connectivity index (χ1v) is 12.0. The molecule has 2 aromatic rings. The molecule has 0 atom stereocenters. The Morgan fingerprint density at radius 1 is 1.12 bits per heavy atom. The molecule has 0 unspecified atom stereocenters. The molecule has 0 saturated heterocycles. The minimum absolute atomic E-state index is 0.00530. The summed E-state index contributed by atoms with van der Waals surface area (Å²) in [4.78, 5) is 14.4. The second kappa shape index (κ2) is 7.74. The van der Waals surface area contributed by atoms with Gasteiger partial charge in [0.2, 0.25) is 5.91 Å². The Labute approximate surface area is 192 Å². The van der Waals surface area contributed by atoms with E-state index in [9.17, 15) is 17.6 Å². The summed E-state index contributed by atoms with van der Waals surface area (Å²) in [5.74, 6) is -0.380. The number of benzene rings is 2. The molecule has 0 fully saturated rings. The summed E-state index contributed by atoms with van der Waals surface area (Å²) in [7, 11) is -4.12. The third-order valence-corrected chi connectivity index (χ3v) is 8.29. The van der Waals surface area contributed by atoms with Crippen LogP contribution in [0.15, 0.2) is 65.6 Å². The van der Waals surface area contributed by atoms with Gasteiger partial charge in [-0.15, -0.1) is 0 Å². The van der Waals surface area contributed by atoms with Gasteiger partial charge < -0.3 is 9.64 Å². The van der Waals surface area contributed by atoms with Crippen molar-refractivity contribution in [1.29, 1.82) is 0 Å². The van der Waals surface area contributed by atoms with Crippen molar-refractivity contribution in [2.75, 3.05) is 18.1 Å². The van der Waals surface area contributed by atoms with Crippen molar-refractivity contribution in [3.8, 4) is 5.75 Å². The van der Waals surface area contributed by atoms with Crippen molar-refractivity contribution in [2.24, 2.45) is 5.41 Å². The van der Waals surface area contributed by atoms with E-state index in [1.165, 1.54) is 6.07 Å². The molecule has 1 aliphatic heterocycles. The van der Waals surface area contributed by atoms with Gasteiger partial charge in [0.05, 0.1) is 16.0 Å². The Morgan fingerprint density at radius 2 is 1.81 bits per heavy atom. The third-order valence-electron chi connectivity index (χ3n) is 5.82. The molecule has 8 heteroatoms. The number of rotatable bonds is 4. The molecule has 0 N–H and O–H groups in total. The predicted octanol–water partition coefficient (Wildman–Crippen LogP) is 5.05. The maximum Gasteiger partial charge on any atom is 0.236 e. The second-order valence-corrected chi connectivity index (χ2v) is 11.1. The number of fused-ring (bicyclic) bond motifs is 1. The molecular weight excluding hydrogens is 453 g/mol. The van der Waals surface area contributed by atoms with Crippen LogP contribution in [0.25, 0.3) is 0 Å². The maximum absolute atomic E-state index is 14.0. The van der Waals surface area contributed by atoms with E-state index in [4.69, 9.17) is 16.3 Å². The van der Waals surface area contributed by atoms with Crippen LogP contribution < -0.4 is 9.64 Å². The van der Waals surface area contributed by atoms with E-state index < -0.39 is 25.8 Å². The fourth-order valence-corrected chi connectivity index (χ4v) is 6.24. The number of hydrogen-bond donors (Lipinski definition) is 0. The Kier molecular flexibility index (Phi) is 5.46. The topological polar surface area (TPSA) is 63.7 Å². The molecule has 0 radical (unpaired) electrons. The first-order chi connectivity index (χ1) is 15.0. The molecule has 0 aromatic heterocycles. The highest BCUT2D eigenvalue weighted by atomic mass is 35.5. The van der Waals surface area contributed by atoms with Crippen molar-refractivity contribution in [3.05, 3.63) is 77.1 Å². The number of halogens is 2. The molecule has 1 heterocycles. The minimum atomic E-state index is -4.12. The highest BCUT2D eigenvalue weighted by Gasteiger charge is 2.45. The van der Waals surface area contributed by atoms with Crippen LogP contribution in [0.4, 0.5) is 10.1 Å². The van der Waals surface area contributed by atoms with Crippen molar-refractivity contribution in [3.63, 3.8) is 0 Å². The molecule has 1 amide bonds. The first-order valence-electron chi connectivity index (χ1n) is 10.2. The average Bonchev–Trinajstić information content (AvgIpc) is 3.21. The lowest BCUT2D eigenvalue weighted by Crippen LogP contribution is -2.42. The SMILES string of the molecule is CCN1C(=O)C(C)(C)COc2cc(C3(S(=O)(=O)c4cc(F)cc(Cl)c4)C=CC=C3)ccc21. The Bertz CT molecular complexity index is 1230. The van der Waals surface area contributed by atoms with Crippen LogP contribution in [-0.2, 0) is 19.4 Å². The van der Waals surface area contributed by atoms with E-state index >= 15 is 0 Å². The minimum Gasteiger partial charge on any atom is -0.490 e. The van der Waals surface area contributed by atoms with E-state index in [1.54, 1.807) is 47.4 Å². The van der Waals surface area contributed by atoms with E-state index in [0.717, 1.165) is 12.1 Å². The zero-order chi connectivity index (χ0) is 23.3. The largest absolute Gasteiger partial charge is 0.490 e. The molecule has 1 aliphatic carbocycles. The second-order valence-electron chi connectivity index (χ2n) is 8.52. The Hall–Kier alpha value is -2.64. The summed E-state index contributed by atoms with van der Waals surface area (Å²) in [5.41, 5.74) is 0.272. The molecule has 2 aliphatic rings. The van der Waals surface area contributed by atoms with E-state index in [-0.39, 0.29) is 22.4 Å². The quantitative estimate of drug-likeness (QED) is 0.621. The Morgan fingerprint density at radius 3 is 2.44 bits per heavy atom. The monoisotopic (exact) mass is 475 g/mol. The number of hydrogen-bond acceptors (Lipinski definition) is 4. The fourth-order valence-electron chi connectivity index (χ4n) is 4.06. The number of amides is 1. The van der Waals surface area contributed by atoms with Gasteiger partial charge in [-0.25, -0.2) is 12.8 Å². The van der Waals surface area contributed by atoms with Gasteiger partial charge in [-0.2, -0.15) is 0 Å². The number of anilines is 1. The fraction of sp³-hybridized carbons (Fsp3) is 0.292. The van der Waals surface area contributed by atoms with Gasteiger partial charge >= 0.3 is 0 Å². The van der Waals surface area contributed by atoms with Crippen molar-refractivity contribution >= 4 is 33.0 Å². The summed E-state index contributed by atoms with van der Waals surface area (Å²) >= 11 is 5.94. The molecule has 0 saturated carbocycles. The van der Waals surface area contributed by atoms with Crippen molar-refractivity contribution in [2.45, 2.75) is 30.4 Å². The average molecular weight is 476 g/mol. The molecule has 2 aromatic carbocycles. The predicted molar refractivity (Wildman–Crippen MR) is 122 cm³/mol. The number of sulfone groups is 1. The van der Waals surface area contributed by atoms with Gasteiger partial charge in [-0.05, 0) is 56.7 Å². The maximum atomic E-state index is 14.0. The molecule has 5 nitrogen and oxygen atoms in total. The van der Waals surface area contributed by atoms with Gasteiger partial charge in [0.25, 0.3) is 0 Å². The van der Waals surface area contributed by atoms with Gasteiger partial charge in [-0.1, -0.05) is 42.0 Å². The van der Waals surface area contributed by atoms with Gasteiger partial charge in [0.15, 0.2) is 9.84 Å². The van der Waals surface area contributed by atoms with E-state index in [1.807, 2.05) is 20.8 Å². The molecule has 0 spiro atoms. The van der Waals surface area contributed by atoms with Crippen molar-refractivity contribution < 1.29 is 22.3 Å². The summed E-state index contributed by atoms with van der Waals surface area (Å²) < 4.78 is 45.9. The molecule has 168 valence electrons. The number of nitrogens with zero attached hydrogens (tertiary/aromatic N) is 1. The number of carbonyl (C=O) groups is 1. The van der Waals surface area contributed by atoms with Gasteiger partial charge in [-0.3, -0.25) is 4.79 Å². The summed E-state index contributed by atoms with van der Waals surface area (Å²) in [6, 6.07) is 8.26. The molecular formula is C24H23ClFNO4S. The lowest BCUT2D eigenvalue weighted by molar-refractivity contribution is -0.127. The number of ether oxygens (including phenoxy) is 1. The Balaban J connectivity index is 1.89. The van der Waals surface area contributed by atoms with Crippen molar-refractivity contribution in [1.82, 2.24) is 0 Å². The van der Waals surface area contributed by atoms with Crippen LogP contribution >= 0.6 is 11.6 Å². The van der Waals surface area contributed by atoms with Crippen LogP contribution in [0, 0.1) is 11.2 Å². The summed E-state index contributed by atoms with van der Waals surface area (Å²) in [5, 5.41) is -0.00530. The third kappa shape index (κ3) is 3.44. The first kappa shape index (κ1) is 22.6. The van der Waals surface area contributed by atoms with Crippen LogP contribution in [0.3, 0.4) is 0 Å². The zero-order valence-corrected chi connectivity index (χ0v) is 19.5. The van der Waals surface area contributed by atoms with Crippen LogP contribution in [0.5, 0.6) is 5.75 Å². The molecule has 32 heavy (non-hydrogen) atoms. The zero-order valence-electron chi connectivity index (χ0n) is 17.9. The van der Waals surface area contributed by atoms with Crippen LogP contribution in [0.2, 0.25) is 5.02 Å². The standard InChI is InChI=1S/C24H23ClFNO4S/c1-4-27-20-8-7-16(11-21(20)31-15-23(2,3)22(27)28)24(9-5-6-10-24)32(29,30)19-13-17(25)12-18(26)14-19/h5-14H,4,15H2,1-3H3.